The lowest BCUT2D eigenvalue weighted by Crippen LogP contribution is -2.39. The van der Waals surface area contributed by atoms with Gasteiger partial charge in [-0.1, -0.05) is 6.92 Å². The summed E-state index contributed by atoms with van der Waals surface area (Å²) < 4.78 is 10.5. The van der Waals surface area contributed by atoms with E-state index in [0.29, 0.717) is 24.5 Å². The Hall–Kier alpha value is -1.46. The highest BCUT2D eigenvalue weighted by Gasteiger charge is 2.34. The van der Waals surface area contributed by atoms with Crippen LogP contribution in [0.3, 0.4) is 0 Å². The van der Waals surface area contributed by atoms with E-state index in [4.69, 9.17) is 9.47 Å². The van der Waals surface area contributed by atoms with E-state index in [0.717, 1.165) is 6.54 Å². The minimum absolute atomic E-state index is 0.0600. The molecule has 98 valence electrons. The largest absolute Gasteiger partial charge is 0.495 e. The SMILES string of the molecule is CCNC1COCC1C(=O)c1cncc(OC)c1. The summed E-state index contributed by atoms with van der Waals surface area (Å²) in [6.07, 6.45) is 3.16. The Morgan fingerprint density at radius 2 is 2.39 bits per heavy atom. The van der Waals surface area contributed by atoms with Crippen molar-refractivity contribution < 1.29 is 14.3 Å². The van der Waals surface area contributed by atoms with Crippen molar-refractivity contribution in [3.8, 4) is 5.75 Å². The van der Waals surface area contributed by atoms with Gasteiger partial charge >= 0.3 is 0 Å². The van der Waals surface area contributed by atoms with Crippen LogP contribution in [0.25, 0.3) is 0 Å². The summed E-state index contributed by atoms with van der Waals surface area (Å²) in [5.74, 6) is 0.517. The number of ketones is 1. The number of aromatic nitrogens is 1. The summed E-state index contributed by atoms with van der Waals surface area (Å²) in [6, 6.07) is 1.81. The lowest BCUT2D eigenvalue weighted by molar-refractivity contribution is 0.0891. The molecule has 1 aromatic heterocycles. The van der Waals surface area contributed by atoms with Gasteiger partial charge in [0.2, 0.25) is 0 Å². The third-order valence-electron chi connectivity index (χ3n) is 3.12. The number of carbonyl (C=O) groups excluding carboxylic acids is 1. The molecule has 1 aliphatic rings. The minimum Gasteiger partial charge on any atom is -0.495 e. The molecular weight excluding hydrogens is 232 g/mol. The van der Waals surface area contributed by atoms with Crippen molar-refractivity contribution in [2.24, 2.45) is 5.92 Å². The first kappa shape index (κ1) is 13.0. The summed E-state index contributed by atoms with van der Waals surface area (Å²) in [4.78, 5) is 16.4. The van der Waals surface area contributed by atoms with Gasteiger partial charge in [0, 0.05) is 17.8 Å². The van der Waals surface area contributed by atoms with Gasteiger partial charge in [0.15, 0.2) is 5.78 Å². The predicted octanol–water partition coefficient (Wildman–Crippen LogP) is 0.897. The Morgan fingerprint density at radius 1 is 1.56 bits per heavy atom. The van der Waals surface area contributed by atoms with Crippen LogP contribution in [0.5, 0.6) is 5.75 Å². The zero-order chi connectivity index (χ0) is 13.0. The van der Waals surface area contributed by atoms with Gasteiger partial charge < -0.3 is 14.8 Å². The Morgan fingerprint density at radius 3 is 3.11 bits per heavy atom. The summed E-state index contributed by atoms with van der Waals surface area (Å²) in [7, 11) is 1.56. The summed E-state index contributed by atoms with van der Waals surface area (Å²) >= 11 is 0. The number of ether oxygens (including phenoxy) is 2. The maximum absolute atomic E-state index is 12.4. The first-order valence-corrected chi connectivity index (χ1v) is 6.10. The van der Waals surface area contributed by atoms with Crippen molar-refractivity contribution in [1.29, 1.82) is 0 Å². The number of carbonyl (C=O) groups is 1. The van der Waals surface area contributed by atoms with Gasteiger partial charge in [-0.2, -0.15) is 0 Å². The van der Waals surface area contributed by atoms with Gasteiger partial charge in [0.05, 0.1) is 32.4 Å². The van der Waals surface area contributed by atoms with Crippen molar-refractivity contribution in [2.45, 2.75) is 13.0 Å². The third kappa shape index (κ3) is 2.68. The number of hydrogen-bond donors (Lipinski definition) is 1. The fraction of sp³-hybridized carbons (Fsp3) is 0.538. The van der Waals surface area contributed by atoms with Crippen molar-refractivity contribution in [3.63, 3.8) is 0 Å². The molecule has 1 N–H and O–H groups in total. The van der Waals surface area contributed by atoms with Crippen LogP contribution in [-0.2, 0) is 4.74 Å². The van der Waals surface area contributed by atoms with E-state index in [1.54, 1.807) is 25.6 Å². The number of nitrogens with zero attached hydrogens (tertiary/aromatic N) is 1. The van der Waals surface area contributed by atoms with Crippen LogP contribution >= 0.6 is 0 Å². The lowest BCUT2D eigenvalue weighted by atomic mass is 9.94. The van der Waals surface area contributed by atoms with Crippen LogP contribution in [0, 0.1) is 5.92 Å². The molecule has 0 spiro atoms. The maximum Gasteiger partial charge on any atom is 0.171 e. The molecule has 1 fully saturated rings. The molecule has 1 aromatic rings. The number of methoxy groups -OCH3 is 1. The highest BCUT2D eigenvalue weighted by Crippen LogP contribution is 2.21. The zero-order valence-corrected chi connectivity index (χ0v) is 10.7. The van der Waals surface area contributed by atoms with Gasteiger partial charge in [-0.3, -0.25) is 9.78 Å². The van der Waals surface area contributed by atoms with Crippen molar-refractivity contribution in [1.82, 2.24) is 10.3 Å². The number of nitrogens with one attached hydrogen (secondary N) is 1. The maximum atomic E-state index is 12.4. The number of rotatable bonds is 5. The molecule has 2 atom stereocenters. The molecule has 0 bridgehead atoms. The van der Waals surface area contributed by atoms with Crippen molar-refractivity contribution in [3.05, 3.63) is 24.0 Å². The number of pyridine rings is 1. The van der Waals surface area contributed by atoms with Crippen LogP contribution < -0.4 is 10.1 Å². The number of Topliss-reactive ketones (excluding diaryl/α,β-unsaturated/α-hetero) is 1. The molecule has 0 aromatic carbocycles. The molecule has 5 nitrogen and oxygen atoms in total. The van der Waals surface area contributed by atoms with Gasteiger partial charge in [-0.25, -0.2) is 0 Å². The van der Waals surface area contributed by atoms with E-state index < -0.39 is 0 Å². The van der Waals surface area contributed by atoms with E-state index in [9.17, 15) is 4.79 Å². The van der Waals surface area contributed by atoms with E-state index >= 15 is 0 Å². The second kappa shape index (κ2) is 5.93. The molecular formula is C13H18N2O3. The third-order valence-corrected chi connectivity index (χ3v) is 3.12. The Kier molecular flexibility index (Phi) is 4.28. The average Bonchev–Trinajstić information content (AvgIpc) is 2.86. The van der Waals surface area contributed by atoms with Crippen LogP contribution in [0.2, 0.25) is 0 Å². The zero-order valence-electron chi connectivity index (χ0n) is 10.7. The quantitative estimate of drug-likeness (QED) is 0.787. The van der Waals surface area contributed by atoms with Crippen LogP contribution in [0.4, 0.5) is 0 Å². The monoisotopic (exact) mass is 250 g/mol. The molecule has 2 heterocycles. The van der Waals surface area contributed by atoms with Gasteiger partial charge in [-0.05, 0) is 12.6 Å². The predicted molar refractivity (Wildman–Crippen MR) is 66.9 cm³/mol. The first-order valence-electron chi connectivity index (χ1n) is 6.10. The molecule has 2 rings (SSSR count). The molecule has 5 heteroatoms. The highest BCUT2D eigenvalue weighted by molar-refractivity contribution is 5.98. The molecule has 1 saturated heterocycles. The molecule has 0 radical (unpaired) electrons. The normalized spacial score (nSPS) is 23.0. The Balaban J connectivity index is 2.14. The standard InChI is InChI=1S/C13H18N2O3/c1-3-15-12-8-18-7-11(12)13(16)9-4-10(17-2)6-14-5-9/h4-6,11-12,15H,3,7-8H2,1-2H3. The van der Waals surface area contributed by atoms with Gasteiger partial charge in [-0.15, -0.1) is 0 Å². The van der Waals surface area contributed by atoms with Crippen molar-refractivity contribution in [2.75, 3.05) is 26.9 Å². The van der Waals surface area contributed by atoms with Crippen molar-refractivity contribution >= 4 is 5.78 Å². The molecule has 0 saturated carbocycles. The van der Waals surface area contributed by atoms with Crippen LogP contribution in [-0.4, -0.2) is 43.7 Å². The molecule has 1 aliphatic heterocycles. The van der Waals surface area contributed by atoms with Crippen LogP contribution in [0.1, 0.15) is 17.3 Å². The minimum atomic E-state index is -0.140. The van der Waals surface area contributed by atoms with E-state index in [1.807, 2.05) is 6.92 Å². The molecule has 18 heavy (non-hydrogen) atoms. The van der Waals surface area contributed by atoms with Gasteiger partial charge in [0.25, 0.3) is 0 Å². The summed E-state index contributed by atoms with van der Waals surface area (Å²) in [6.45, 7) is 3.90. The fourth-order valence-electron chi connectivity index (χ4n) is 2.16. The highest BCUT2D eigenvalue weighted by atomic mass is 16.5. The van der Waals surface area contributed by atoms with E-state index in [2.05, 4.69) is 10.3 Å². The topological polar surface area (TPSA) is 60.5 Å². The van der Waals surface area contributed by atoms with Crippen LogP contribution in [0.15, 0.2) is 18.5 Å². The van der Waals surface area contributed by atoms with E-state index in [1.165, 1.54) is 0 Å². The molecule has 0 amide bonds. The molecule has 0 aliphatic carbocycles. The fourth-order valence-corrected chi connectivity index (χ4v) is 2.16. The second-order valence-corrected chi connectivity index (χ2v) is 4.29. The van der Waals surface area contributed by atoms with Gasteiger partial charge in [0.1, 0.15) is 5.75 Å². The number of likely N-dealkylation sites (N-methyl/N-ethyl adjacent to an activating group) is 1. The smallest absolute Gasteiger partial charge is 0.171 e. The van der Waals surface area contributed by atoms with E-state index in [-0.39, 0.29) is 17.7 Å². The average molecular weight is 250 g/mol. The Labute approximate surface area is 107 Å². The summed E-state index contributed by atoms with van der Waals surface area (Å²) in [5, 5.41) is 3.28. The summed E-state index contributed by atoms with van der Waals surface area (Å²) in [5.41, 5.74) is 0.577. The number of hydrogen-bond acceptors (Lipinski definition) is 5. The lowest BCUT2D eigenvalue weighted by Gasteiger charge is -2.17. The molecule has 2 unspecified atom stereocenters. The Bertz CT molecular complexity index is 422. The first-order chi connectivity index (χ1) is 8.76. The second-order valence-electron chi connectivity index (χ2n) is 4.29.